The number of carbonyl (C=O) groups excluding carboxylic acids is 1. The van der Waals surface area contributed by atoms with Crippen LogP contribution >= 0.6 is 43.2 Å². The second kappa shape index (κ2) is 6.78. The number of ether oxygens (including phenoxy) is 1. The van der Waals surface area contributed by atoms with Crippen molar-refractivity contribution in [2.45, 2.75) is 19.1 Å². The van der Waals surface area contributed by atoms with E-state index in [1.165, 1.54) is 11.3 Å². The fraction of sp³-hybridized carbons (Fsp3) is 0.583. The van der Waals surface area contributed by atoms with E-state index in [-0.39, 0.29) is 24.5 Å². The van der Waals surface area contributed by atoms with Gasteiger partial charge in [-0.05, 0) is 44.8 Å². The summed E-state index contributed by atoms with van der Waals surface area (Å²) >= 11 is 8.28. The molecule has 1 aliphatic rings. The average molecular weight is 413 g/mol. The van der Waals surface area contributed by atoms with E-state index >= 15 is 0 Å². The number of Topliss-reactive ketones (excluding diaryl/α,β-unsaturated/α-hetero) is 1. The van der Waals surface area contributed by atoms with Gasteiger partial charge in [-0.25, -0.2) is 0 Å². The Morgan fingerprint density at radius 2 is 2.37 bits per heavy atom. The van der Waals surface area contributed by atoms with Crippen LogP contribution in [0.25, 0.3) is 0 Å². The molecule has 1 aromatic heterocycles. The molecule has 0 saturated carbocycles. The molecule has 1 saturated heterocycles. The van der Waals surface area contributed by atoms with Crippen molar-refractivity contribution in [2.75, 3.05) is 26.3 Å². The zero-order valence-electron chi connectivity index (χ0n) is 10.4. The van der Waals surface area contributed by atoms with Crippen LogP contribution in [0, 0.1) is 0 Å². The maximum atomic E-state index is 12.3. The lowest BCUT2D eigenvalue weighted by Crippen LogP contribution is -2.51. The third-order valence-electron chi connectivity index (χ3n) is 3.14. The summed E-state index contributed by atoms with van der Waals surface area (Å²) in [7, 11) is 0. The third-order valence-corrected chi connectivity index (χ3v) is 5.48. The molecule has 0 aliphatic carbocycles. The van der Waals surface area contributed by atoms with Crippen LogP contribution in [0.5, 0.6) is 0 Å². The quantitative estimate of drug-likeness (QED) is 0.772. The summed E-state index contributed by atoms with van der Waals surface area (Å²) in [5, 5.41) is 9.15. The van der Waals surface area contributed by atoms with Crippen LogP contribution in [0.4, 0.5) is 0 Å². The maximum absolute atomic E-state index is 12.3. The van der Waals surface area contributed by atoms with E-state index in [1.54, 1.807) is 0 Å². The molecule has 106 valence electrons. The number of hydrogen-bond donors (Lipinski definition) is 1. The first-order valence-electron chi connectivity index (χ1n) is 5.95. The summed E-state index contributed by atoms with van der Waals surface area (Å²) in [6.07, 6.45) is -0.193. The van der Waals surface area contributed by atoms with Gasteiger partial charge in [-0.2, -0.15) is 0 Å². The molecule has 2 heterocycles. The second-order valence-corrected chi connectivity index (χ2v) is 8.33. The van der Waals surface area contributed by atoms with Crippen LogP contribution < -0.4 is 0 Å². The Kier molecular flexibility index (Phi) is 5.56. The molecule has 1 N–H and O–H groups in total. The van der Waals surface area contributed by atoms with E-state index in [4.69, 9.17) is 9.84 Å². The van der Waals surface area contributed by atoms with Crippen molar-refractivity contribution in [2.24, 2.45) is 0 Å². The van der Waals surface area contributed by atoms with E-state index < -0.39 is 0 Å². The predicted molar refractivity (Wildman–Crippen MR) is 81.9 cm³/mol. The zero-order chi connectivity index (χ0) is 14.0. The van der Waals surface area contributed by atoms with E-state index in [9.17, 15) is 4.79 Å². The fourth-order valence-electron chi connectivity index (χ4n) is 2.01. The fourth-order valence-corrected chi connectivity index (χ4v) is 4.86. The van der Waals surface area contributed by atoms with Crippen molar-refractivity contribution in [1.82, 2.24) is 4.90 Å². The van der Waals surface area contributed by atoms with Gasteiger partial charge >= 0.3 is 0 Å². The lowest BCUT2D eigenvalue weighted by Gasteiger charge is -2.36. The van der Waals surface area contributed by atoms with Crippen LogP contribution in [0.3, 0.4) is 0 Å². The molecular weight excluding hydrogens is 398 g/mol. The summed E-state index contributed by atoms with van der Waals surface area (Å²) in [6, 6.07) is 2.03. The summed E-state index contributed by atoms with van der Waals surface area (Å²) in [6.45, 7) is 3.51. The monoisotopic (exact) mass is 411 g/mol. The summed E-state index contributed by atoms with van der Waals surface area (Å²) in [5.41, 5.74) is 0.705. The summed E-state index contributed by atoms with van der Waals surface area (Å²) in [4.78, 5) is 14.4. The molecule has 2 unspecified atom stereocenters. The van der Waals surface area contributed by atoms with Crippen LogP contribution in [-0.2, 0) is 4.74 Å². The zero-order valence-corrected chi connectivity index (χ0v) is 14.4. The number of nitrogens with zero attached hydrogens (tertiary/aromatic N) is 1. The average Bonchev–Trinajstić information content (AvgIpc) is 2.71. The van der Waals surface area contributed by atoms with Crippen LogP contribution in [0.1, 0.15) is 17.3 Å². The van der Waals surface area contributed by atoms with E-state index in [0.29, 0.717) is 25.3 Å². The minimum Gasteiger partial charge on any atom is -0.394 e. The van der Waals surface area contributed by atoms with Crippen molar-refractivity contribution in [1.29, 1.82) is 0 Å². The molecule has 0 aromatic carbocycles. The lowest BCUT2D eigenvalue weighted by atomic mass is 10.1. The molecule has 1 aliphatic heterocycles. The van der Waals surface area contributed by atoms with Gasteiger partial charge in [0, 0.05) is 18.2 Å². The Bertz CT molecular complexity index is 466. The number of carbonyl (C=O) groups is 1. The Labute approximate surface area is 133 Å². The van der Waals surface area contributed by atoms with Crippen LogP contribution in [0.2, 0.25) is 0 Å². The van der Waals surface area contributed by atoms with Gasteiger partial charge in [0.15, 0.2) is 5.78 Å². The van der Waals surface area contributed by atoms with Crippen molar-refractivity contribution >= 4 is 49.0 Å². The van der Waals surface area contributed by atoms with E-state index in [2.05, 4.69) is 36.8 Å². The number of morpholine rings is 1. The Hall–Kier alpha value is 0.210. The van der Waals surface area contributed by atoms with Gasteiger partial charge < -0.3 is 9.84 Å². The maximum Gasteiger partial charge on any atom is 0.178 e. The molecule has 1 fully saturated rings. The Balaban J connectivity index is 2.03. The molecule has 4 nitrogen and oxygen atoms in total. The Morgan fingerprint density at radius 3 is 2.95 bits per heavy atom. The first-order chi connectivity index (χ1) is 9.01. The molecule has 0 spiro atoms. The first kappa shape index (κ1) is 15.6. The molecule has 7 heteroatoms. The molecular formula is C12H15Br2NO3S. The van der Waals surface area contributed by atoms with Gasteiger partial charge in [0.2, 0.25) is 0 Å². The SMILES string of the molecule is CC1COC(CO)CN1CC(=O)c1cc(Br)sc1Br. The van der Waals surface area contributed by atoms with Crippen LogP contribution in [-0.4, -0.2) is 54.2 Å². The van der Waals surface area contributed by atoms with Gasteiger partial charge in [-0.1, -0.05) is 0 Å². The topological polar surface area (TPSA) is 49.8 Å². The minimum atomic E-state index is -0.193. The van der Waals surface area contributed by atoms with Gasteiger partial charge in [0.25, 0.3) is 0 Å². The standard InChI is InChI=1S/C12H15Br2NO3S/c1-7-6-18-8(5-16)3-15(7)4-10(17)9-2-11(13)19-12(9)14/h2,7-8,16H,3-6H2,1H3. The number of aliphatic hydroxyl groups is 1. The van der Waals surface area contributed by atoms with Gasteiger partial charge in [0.1, 0.15) is 0 Å². The lowest BCUT2D eigenvalue weighted by molar-refractivity contribution is -0.0747. The number of aliphatic hydroxyl groups excluding tert-OH is 1. The van der Waals surface area contributed by atoms with Gasteiger partial charge in [-0.3, -0.25) is 9.69 Å². The molecule has 19 heavy (non-hydrogen) atoms. The van der Waals surface area contributed by atoms with E-state index in [1.807, 2.05) is 13.0 Å². The highest BCUT2D eigenvalue weighted by Crippen LogP contribution is 2.32. The van der Waals surface area contributed by atoms with Gasteiger partial charge in [-0.15, -0.1) is 11.3 Å². The van der Waals surface area contributed by atoms with Crippen molar-refractivity contribution < 1.29 is 14.6 Å². The smallest absolute Gasteiger partial charge is 0.178 e. The number of halogens is 2. The van der Waals surface area contributed by atoms with Crippen molar-refractivity contribution in [3.05, 3.63) is 19.2 Å². The van der Waals surface area contributed by atoms with Gasteiger partial charge in [0.05, 0.1) is 33.4 Å². The molecule has 1 aromatic rings. The highest BCUT2D eigenvalue weighted by Gasteiger charge is 2.28. The highest BCUT2D eigenvalue weighted by atomic mass is 79.9. The minimum absolute atomic E-state index is 0.00883. The molecule has 0 bridgehead atoms. The molecule has 2 rings (SSSR count). The third kappa shape index (κ3) is 3.86. The number of hydrogen-bond acceptors (Lipinski definition) is 5. The number of thiophene rings is 1. The molecule has 0 radical (unpaired) electrons. The summed E-state index contributed by atoms with van der Waals surface area (Å²) < 4.78 is 7.25. The van der Waals surface area contributed by atoms with Crippen molar-refractivity contribution in [3.63, 3.8) is 0 Å². The molecule has 2 atom stereocenters. The summed E-state index contributed by atoms with van der Waals surface area (Å²) in [5.74, 6) is 0.0827. The van der Waals surface area contributed by atoms with Crippen molar-refractivity contribution in [3.8, 4) is 0 Å². The predicted octanol–water partition coefficient (Wildman–Crippen LogP) is 2.54. The first-order valence-corrected chi connectivity index (χ1v) is 8.36. The second-order valence-electron chi connectivity index (χ2n) is 4.58. The largest absolute Gasteiger partial charge is 0.394 e. The number of ketones is 1. The Morgan fingerprint density at radius 1 is 1.63 bits per heavy atom. The normalized spacial score (nSPS) is 24.6. The number of rotatable bonds is 4. The highest BCUT2D eigenvalue weighted by molar-refractivity contribution is 9.12. The van der Waals surface area contributed by atoms with E-state index in [0.717, 1.165) is 7.57 Å². The van der Waals surface area contributed by atoms with Crippen LogP contribution in [0.15, 0.2) is 13.6 Å². The molecule has 0 amide bonds.